The normalized spacial score (nSPS) is 11.8. The topological polar surface area (TPSA) is 180 Å². The van der Waals surface area contributed by atoms with Crippen molar-refractivity contribution < 1.29 is 13.3 Å². The van der Waals surface area contributed by atoms with Gasteiger partial charge in [-0.05, 0) is 11.6 Å². The van der Waals surface area contributed by atoms with Gasteiger partial charge < -0.3 is 17.2 Å². The maximum atomic E-state index is 12.6. The van der Waals surface area contributed by atoms with E-state index < -0.39 is 20.4 Å². The molecule has 0 aromatic heterocycles. The number of guanidine groups is 2. The van der Waals surface area contributed by atoms with E-state index in [0.717, 1.165) is 12.1 Å². The second-order valence-electron chi connectivity index (χ2n) is 5.19. The average molecular weight is 376 g/mol. The third-order valence-corrected chi connectivity index (χ3v) is 4.80. The van der Waals surface area contributed by atoms with Crippen LogP contribution in [0, 0.1) is 10.1 Å². The summed E-state index contributed by atoms with van der Waals surface area (Å²) in [5, 5.41) is 11.1. The van der Waals surface area contributed by atoms with Crippen LogP contribution in [0.4, 0.5) is 11.4 Å². The van der Waals surface area contributed by atoms with Crippen molar-refractivity contribution in [2.75, 3.05) is 0 Å². The number of benzene rings is 2. The fourth-order valence-electron chi connectivity index (χ4n) is 2.08. The molecule has 136 valence electrons. The minimum atomic E-state index is -3.85. The van der Waals surface area contributed by atoms with Crippen molar-refractivity contribution in [1.82, 2.24) is 0 Å². The molecule has 0 saturated carbocycles. The van der Waals surface area contributed by atoms with Crippen molar-refractivity contribution in [2.24, 2.45) is 27.2 Å². The summed E-state index contributed by atoms with van der Waals surface area (Å²) >= 11 is 0. The van der Waals surface area contributed by atoms with E-state index in [4.69, 9.17) is 17.2 Å². The van der Waals surface area contributed by atoms with Crippen molar-refractivity contribution >= 4 is 33.1 Å². The number of sulfone groups is 1. The molecular formula is C15H16N6O4S. The molecule has 10 nitrogen and oxygen atoms in total. The van der Waals surface area contributed by atoms with Gasteiger partial charge in [0.1, 0.15) is 0 Å². The Labute approximate surface area is 149 Å². The zero-order valence-corrected chi connectivity index (χ0v) is 14.3. The summed E-state index contributed by atoms with van der Waals surface area (Å²) in [5.74, 6) is -1.04. The van der Waals surface area contributed by atoms with Crippen molar-refractivity contribution in [3.05, 3.63) is 64.2 Å². The lowest BCUT2D eigenvalue weighted by Crippen LogP contribution is -2.26. The molecule has 26 heavy (non-hydrogen) atoms. The molecule has 0 unspecified atom stereocenters. The van der Waals surface area contributed by atoms with Crippen molar-refractivity contribution in [3.63, 3.8) is 0 Å². The Morgan fingerprint density at radius 2 is 1.73 bits per heavy atom. The number of non-ortho nitro benzene ring substituents is 1. The highest BCUT2D eigenvalue weighted by atomic mass is 32.2. The predicted octanol–water partition coefficient (Wildman–Crippen LogP) is 0.788. The zero-order valence-electron chi connectivity index (χ0n) is 13.4. The molecule has 2 aromatic rings. The van der Waals surface area contributed by atoms with Crippen LogP contribution in [0.1, 0.15) is 5.56 Å². The van der Waals surface area contributed by atoms with Gasteiger partial charge in [-0.3, -0.25) is 10.1 Å². The quantitative estimate of drug-likeness (QED) is 0.298. The van der Waals surface area contributed by atoms with Crippen LogP contribution in [-0.4, -0.2) is 25.3 Å². The molecule has 0 aliphatic rings. The van der Waals surface area contributed by atoms with Crippen molar-refractivity contribution in [3.8, 4) is 0 Å². The highest BCUT2D eigenvalue weighted by Gasteiger charge is 2.20. The molecule has 0 aliphatic heterocycles. The first-order valence-electron chi connectivity index (χ1n) is 7.17. The van der Waals surface area contributed by atoms with Crippen molar-refractivity contribution in [2.45, 2.75) is 10.6 Å². The summed E-state index contributed by atoms with van der Waals surface area (Å²) in [6.45, 7) is 0. The average Bonchev–Trinajstić information content (AvgIpc) is 2.54. The second kappa shape index (κ2) is 7.61. The fraction of sp³-hybridized carbons (Fsp3) is 0.0667. The van der Waals surface area contributed by atoms with E-state index in [9.17, 15) is 18.5 Å². The molecular weight excluding hydrogens is 360 g/mol. The highest BCUT2D eigenvalue weighted by Crippen LogP contribution is 2.28. The summed E-state index contributed by atoms with van der Waals surface area (Å²) in [7, 11) is -3.85. The standard InChI is InChI=1S/C15H16N6O4S/c16-14(17)20-15(18)19-11-6-12(21(22)23)8-13(7-11)26(24,25)9-10-4-2-1-3-5-10/h1-8H,9H2,(H6,16,17,18,19,20). The number of nitro benzene ring substituents is 1. The van der Waals surface area contributed by atoms with Crippen LogP contribution in [0.25, 0.3) is 0 Å². The first-order valence-corrected chi connectivity index (χ1v) is 8.82. The largest absolute Gasteiger partial charge is 0.370 e. The van der Waals surface area contributed by atoms with Crippen LogP contribution in [-0.2, 0) is 15.6 Å². The molecule has 0 heterocycles. The number of rotatable bonds is 5. The van der Waals surface area contributed by atoms with Gasteiger partial charge in [0.15, 0.2) is 15.8 Å². The number of nitrogens with two attached hydrogens (primary N) is 3. The second-order valence-corrected chi connectivity index (χ2v) is 7.18. The fourth-order valence-corrected chi connectivity index (χ4v) is 3.48. The number of nitrogens with zero attached hydrogens (tertiary/aromatic N) is 3. The number of hydrogen-bond acceptors (Lipinski definition) is 5. The van der Waals surface area contributed by atoms with Gasteiger partial charge in [0.05, 0.1) is 21.3 Å². The number of hydrogen-bond donors (Lipinski definition) is 3. The van der Waals surface area contributed by atoms with Crippen molar-refractivity contribution in [1.29, 1.82) is 0 Å². The lowest BCUT2D eigenvalue weighted by molar-refractivity contribution is -0.385. The molecule has 2 rings (SSSR count). The van der Waals surface area contributed by atoms with Gasteiger partial charge in [-0.1, -0.05) is 30.3 Å². The molecule has 0 spiro atoms. The van der Waals surface area contributed by atoms with Crippen LogP contribution in [0.5, 0.6) is 0 Å². The van der Waals surface area contributed by atoms with Gasteiger partial charge in [0.25, 0.3) is 5.69 Å². The molecule has 0 amide bonds. The Morgan fingerprint density at radius 1 is 1.08 bits per heavy atom. The molecule has 0 saturated heterocycles. The summed E-state index contributed by atoms with van der Waals surface area (Å²) in [4.78, 5) is 17.4. The molecule has 0 radical (unpaired) electrons. The Hall–Kier alpha value is -3.47. The Kier molecular flexibility index (Phi) is 5.52. The van der Waals surface area contributed by atoms with Crippen LogP contribution < -0.4 is 17.2 Å². The minimum absolute atomic E-state index is 0.0617. The molecule has 11 heteroatoms. The van der Waals surface area contributed by atoms with Crippen LogP contribution >= 0.6 is 0 Å². The first kappa shape index (κ1) is 18.9. The van der Waals surface area contributed by atoms with E-state index in [2.05, 4.69) is 9.98 Å². The monoisotopic (exact) mass is 376 g/mol. The van der Waals surface area contributed by atoms with Gasteiger partial charge in [0.2, 0.25) is 5.96 Å². The van der Waals surface area contributed by atoms with Gasteiger partial charge in [0, 0.05) is 12.1 Å². The van der Waals surface area contributed by atoms with E-state index in [1.165, 1.54) is 6.07 Å². The summed E-state index contributed by atoms with van der Waals surface area (Å²) in [6, 6.07) is 11.6. The summed E-state index contributed by atoms with van der Waals surface area (Å²) in [5.41, 5.74) is 15.9. The first-order chi connectivity index (χ1) is 12.2. The lowest BCUT2D eigenvalue weighted by atomic mass is 10.2. The maximum absolute atomic E-state index is 12.6. The van der Waals surface area contributed by atoms with Crippen LogP contribution in [0.15, 0.2) is 63.4 Å². The smallest absolute Gasteiger partial charge is 0.272 e. The molecule has 0 bridgehead atoms. The molecule has 6 N–H and O–H groups in total. The third-order valence-electron chi connectivity index (χ3n) is 3.13. The van der Waals surface area contributed by atoms with Gasteiger partial charge in [-0.25, -0.2) is 13.4 Å². The van der Waals surface area contributed by atoms with Crippen LogP contribution in [0.3, 0.4) is 0 Å². The molecule has 0 aliphatic carbocycles. The Morgan fingerprint density at radius 3 is 2.31 bits per heavy atom. The van der Waals surface area contributed by atoms with E-state index in [1.807, 2.05) is 0 Å². The number of aliphatic imine (C=N–C) groups is 2. The van der Waals surface area contributed by atoms with E-state index in [-0.39, 0.29) is 28.3 Å². The van der Waals surface area contributed by atoms with Gasteiger partial charge in [-0.15, -0.1) is 0 Å². The molecule has 0 fully saturated rings. The predicted molar refractivity (Wildman–Crippen MR) is 97.5 cm³/mol. The SMILES string of the molecule is NC(N)=NC(N)=Nc1cc([N+](=O)[O-])cc(S(=O)(=O)Cc2ccccc2)c1. The summed E-state index contributed by atoms with van der Waals surface area (Å²) in [6.07, 6.45) is 0. The van der Waals surface area contributed by atoms with E-state index >= 15 is 0 Å². The van der Waals surface area contributed by atoms with E-state index in [1.54, 1.807) is 30.3 Å². The van der Waals surface area contributed by atoms with E-state index in [0.29, 0.717) is 5.56 Å². The minimum Gasteiger partial charge on any atom is -0.370 e. The van der Waals surface area contributed by atoms with Gasteiger partial charge in [-0.2, -0.15) is 4.99 Å². The number of nitro groups is 1. The lowest BCUT2D eigenvalue weighted by Gasteiger charge is -2.06. The Bertz CT molecular complexity index is 982. The third kappa shape index (κ3) is 5.01. The molecule has 0 atom stereocenters. The van der Waals surface area contributed by atoms with Gasteiger partial charge >= 0.3 is 0 Å². The maximum Gasteiger partial charge on any atom is 0.272 e. The zero-order chi connectivity index (χ0) is 19.3. The molecule has 2 aromatic carbocycles. The highest BCUT2D eigenvalue weighted by molar-refractivity contribution is 7.90. The van der Waals surface area contributed by atoms with Crippen LogP contribution in [0.2, 0.25) is 0 Å². The Balaban J connectivity index is 2.51. The summed E-state index contributed by atoms with van der Waals surface area (Å²) < 4.78 is 25.2.